The number of allylic oxidation sites excluding steroid dienone is 5. The predicted molar refractivity (Wildman–Crippen MR) is 154 cm³/mol. The summed E-state index contributed by atoms with van der Waals surface area (Å²) < 4.78 is 6.19. The van der Waals surface area contributed by atoms with E-state index < -0.39 is 0 Å². The number of hydrogen-bond acceptors (Lipinski definition) is 3. The predicted octanol–water partition coefficient (Wildman–Crippen LogP) is 8.48. The first kappa shape index (κ1) is 25.3. The summed E-state index contributed by atoms with van der Waals surface area (Å²) in [6, 6.07) is 12.2. The van der Waals surface area contributed by atoms with Crippen LogP contribution >= 0.6 is 0 Å². The molecule has 2 unspecified atom stereocenters. The van der Waals surface area contributed by atoms with Crippen LogP contribution in [0.4, 0.5) is 0 Å². The Labute approximate surface area is 228 Å². The van der Waals surface area contributed by atoms with Crippen LogP contribution in [0.3, 0.4) is 0 Å². The van der Waals surface area contributed by atoms with E-state index in [9.17, 15) is 4.79 Å². The standard InChI is InChI=1S/C35H41NO2/c1-33(2,3)29-11-7-6-10-27(29)32(37)38-25-16-18-34(4)24(21-25)12-13-26-30-15-14-28(23-9-8-20-36-22-23)35(30,5)19-17-31(26)34/h6-12,14-15,20,22,25-26,31H,13,16-19,21H2,1-5H3/t25-,26?,31?,34-,35+/m0/s1. The smallest absolute Gasteiger partial charge is 0.338 e. The molecule has 5 atom stereocenters. The van der Waals surface area contributed by atoms with Crippen LogP contribution in [0, 0.1) is 22.7 Å². The van der Waals surface area contributed by atoms with Crippen molar-refractivity contribution in [3.63, 3.8) is 0 Å². The molecule has 0 bridgehead atoms. The second kappa shape index (κ2) is 9.07. The Morgan fingerprint density at radius 1 is 1.03 bits per heavy atom. The van der Waals surface area contributed by atoms with Crippen LogP contribution in [0.15, 0.2) is 78.2 Å². The van der Waals surface area contributed by atoms with Gasteiger partial charge in [0.25, 0.3) is 0 Å². The number of fused-ring (bicyclic) bond motifs is 5. The minimum absolute atomic E-state index is 0.0372. The molecule has 2 aromatic rings. The molecule has 0 spiro atoms. The van der Waals surface area contributed by atoms with Gasteiger partial charge in [-0.25, -0.2) is 4.79 Å². The highest BCUT2D eigenvalue weighted by Gasteiger charge is 2.54. The largest absolute Gasteiger partial charge is 0.458 e. The molecular formula is C35H41NO2. The first-order valence-corrected chi connectivity index (χ1v) is 14.4. The summed E-state index contributed by atoms with van der Waals surface area (Å²) in [7, 11) is 0. The number of benzene rings is 1. The molecule has 3 heteroatoms. The van der Waals surface area contributed by atoms with Crippen molar-refractivity contribution in [2.45, 2.75) is 84.7 Å². The molecule has 0 amide bonds. The third-order valence-corrected chi connectivity index (χ3v) is 10.3. The van der Waals surface area contributed by atoms with E-state index >= 15 is 0 Å². The second-order valence-electron chi connectivity index (χ2n) is 13.5. The Bertz CT molecular complexity index is 1340. The van der Waals surface area contributed by atoms with Gasteiger partial charge in [-0.05, 0) is 83.6 Å². The summed E-state index contributed by atoms with van der Waals surface area (Å²) in [5, 5.41) is 0. The first-order valence-electron chi connectivity index (χ1n) is 14.4. The Balaban J connectivity index is 1.20. The fourth-order valence-electron chi connectivity index (χ4n) is 8.20. The average Bonchev–Trinajstić information content (AvgIpc) is 3.26. The van der Waals surface area contributed by atoms with Gasteiger partial charge in [0.1, 0.15) is 6.10 Å². The van der Waals surface area contributed by atoms with Gasteiger partial charge in [-0.2, -0.15) is 0 Å². The number of rotatable bonds is 3. The number of pyridine rings is 1. The summed E-state index contributed by atoms with van der Waals surface area (Å²) in [6.07, 6.45) is 17.6. The summed E-state index contributed by atoms with van der Waals surface area (Å²) in [6.45, 7) is 11.4. The van der Waals surface area contributed by atoms with Crippen molar-refractivity contribution in [2.75, 3.05) is 0 Å². The minimum Gasteiger partial charge on any atom is -0.458 e. The summed E-state index contributed by atoms with van der Waals surface area (Å²) in [4.78, 5) is 17.7. The van der Waals surface area contributed by atoms with Gasteiger partial charge in [0.15, 0.2) is 0 Å². The molecule has 0 radical (unpaired) electrons. The van der Waals surface area contributed by atoms with E-state index in [1.165, 1.54) is 29.6 Å². The maximum atomic E-state index is 13.3. The molecule has 3 nitrogen and oxygen atoms in total. The molecule has 4 aliphatic carbocycles. The van der Waals surface area contributed by atoms with Gasteiger partial charge in [-0.1, -0.05) is 88.3 Å². The van der Waals surface area contributed by atoms with Crippen LogP contribution in [0.2, 0.25) is 0 Å². The van der Waals surface area contributed by atoms with Gasteiger partial charge in [0, 0.05) is 24.2 Å². The molecule has 2 saturated carbocycles. The van der Waals surface area contributed by atoms with E-state index in [1.54, 1.807) is 5.57 Å². The fourth-order valence-corrected chi connectivity index (χ4v) is 8.20. The van der Waals surface area contributed by atoms with Gasteiger partial charge in [0.05, 0.1) is 5.56 Å². The molecule has 38 heavy (non-hydrogen) atoms. The number of hydrogen-bond donors (Lipinski definition) is 0. The zero-order valence-electron chi connectivity index (χ0n) is 23.6. The topological polar surface area (TPSA) is 39.2 Å². The molecule has 0 saturated heterocycles. The van der Waals surface area contributed by atoms with Crippen molar-refractivity contribution in [1.29, 1.82) is 0 Å². The van der Waals surface area contributed by atoms with E-state index in [1.807, 2.05) is 36.7 Å². The van der Waals surface area contributed by atoms with Crippen LogP contribution in [0.25, 0.3) is 5.57 Å². The maximum absolute atomic E-state index is 13.3. The Morgan fingerprint density at radius 2 is 1.84 bits per heavy atom. The van der Waals surface area contributed by atoms with E-state index in [0.29, 0.717) is 17.4 Å². The third-order valence-electron chi connectivity index (χ3n) is 10.3. The molecule has 198 valence electrons. The zero-order valence-corrected chi connectivity index (χ0v) is 23.6. The Morgan fingerprint density at radius 3 is 2.61 bits per heavy atom. The molecule has 1 aromatic heterocycles. The Kier molecular flexibility index (Phi) is 6.05. The van der Waals surface area contributed by atoms with Crippen molar-refractivity contribution in [2.24, 2.45) is 22.7 Å². The number of aromatic nitrogens is 1. The average molecular weight is 508 g/mol. The highest BCUT2D eigenvalue weighted by atomic mass is 16.5. The van der Waals surface area contributed by atoms with E-state index in [2.05, 4.69) is 70.0 Å². The SMILES string of the molecule is CC(C)(C)c1ccccc1C(=O)O[C@H]1CC[C@@]2(C)C(=CCC3C4=CC=C(c5cccnc5)[C@@]4(C)CCC32)C1. The molecule has 1 aromatic carbocycles. The number of carbonyl (C=O) groups is 1. The van der Waals surface area contributed by atoms with Crippen molar-refractivity contribution in [3.05, 3.63) is 94.9 Å². The van der Waals surface area contributed by atoms with Crippen molar-refractivity contribution >= 4 is 11.5 Å². The lowest BCUT2D eigenvalue weighted by Gasteiger charge is -2.56. The number of carbonyl (C=O) groups excluding carboxylic acids is 1. The molecule has 0 aliphatic heterocycles. The molecule has 0 N–H and O–H groups in total. The van der Waals surface area contributed by atoms with E-state index in [0.717, 1.165) is 31.2 Å². The minimum atomic E-state index is -0.169. The van der Waals surface area contributed by atoms with Crippen molar-refractivity contribution in [3.8, 4) is 0 Å². The molecular weight excluding hydrogens is 466 g/mol. The fraction of sp³-hybridized carbons (Fsp3) is 0.486. The zero-order chi connectivity index (χ0) is 26.7. The highest BCUT2D eigenvalue weighted by molar-refractivity contribution is 5.91. The summed E-state index contributed by atoms with van der Waals surface area (Å²) in [5.41, 5.74) is 7.80. The number of ether oxygens (including phenoxy) is 1. The van der Waals surface area contributed by atoms with Crippen molar-refractivity contribution < 1.29 is 9.53 Å². The van der Waals surface area contributed by atoms with Gasteiger partial charge in [-0.15, -0.1) is 0 Å². The molecule has 6 rings (SSSR count). The summed E-state index contributed by atoms with van der Waals surface area (Å²) in [5.74, 6) is 1.07. The lowest BCUT2D eigenvalue weighted by molar-refractivity contribution is 0.00228. The van der Waals surface area contributed by atoms with Crippen LogP contribution in [-0.4, -0.2) is 17.1 Å². The van der Waals surface area contributed by atoms with E-state index in [4.69, 9.17) is 4.74 Å². The van der Waals surface area contributed by atoms with Crippen molar-refractivity contribution in [1.82, 2.24) is 4.98 Å². The number of esters is 1. The highest BCUT2D eigenvalue weighted by Crippen LogP contribution is 2.64. The van der Waals surface area contributed by atoms with Crippen LogP contribution < -0.4 is 0 Å². The van der Waals surface area contributed by atoms with E-state index in [-0.39, 0.29) is 28.3 Å². The van der Waals surface area contributed by atoms with Crippen LogP contribution in [0.5, 0.6) is 0 Å². The van der Waals surface area contributed by atoms with Gasteiger partial charge < -0.3 is 4.74 Å². The third kappa shape index (κ3) is 4.01. The van der Waals surface area contributed by atoms with Gasteiger partial charge >= 0.3 is 5.97 Å². The first-order chi connectivity index (χ1) is 18.1. The Hall–Kier alpha value is -2.94. The van der Waals surface area contributed by atoms with Crippen LogP contribution in [-0.2, 0) is 10.2 Å². The molecule has 1 heterocycles. The normalized spacial score (nSPS) is 32.2. The molecule has 4 aliphatic rings. The van der Waals surface area contributed by atoms with Crippen LogP contribution in [0.1, 0.15) is 94.6 Å². The lowest BCUT2D eigenvalue weighted by Crippen LogP contribution is -2.47. The van der Waals surface area contributed by atoms with Gasteiger partial charge in [0.2, 0.25) is 0 Å². The maximum Gasteiger partial charge on any atom is 0.338 e. The lowest BCUT2D eigenvalue weighted by atomic mass is 9.49. The second-order valence-corrected chi connectivity index (χ2v) is 13.5. The van der Waals surface area contributed by atoms with Gasteiger partial charge in [-0.3, -0.25) is 4.98 Å². The monoisotopic (exact) mass is 507 g/mol. The summed E-state index contributed by atoms with van der Waals surface area (Å²) >= 11 is 0. The molecule has 2 fully saturated rings. The quantitative estimate of drug-likeness (QED) is 0.309. The number of nitrogens with zero attached hydrogens (tertiary/aromatic N) is 1.